The van der Waals surface area contributed by atoms with Gasteiger partial charge in [-0.1, -0.05) is 32.9 Å². The van der Waals surface area contributed by atoms with Gasteiger partial charge < -0.3 is 18.8 Å². The molecule has 1 heterocycles. The van der Waals surface area contributed by atoms with E-state index in [0.29, 0.717) is 6.42 Å². The van der Waals surface area contributed by atoms with Crippen molar-refractivity contribution >= 4 is 20.2 Å². The molecule has 28 heavy (non-hydrogen) atoms. The quantitative estimate of drug-likeness (QED) is 0.223. The summed E-state index contributed by atoms with van der Waals surface area (Å²) in [5.41, 5.74) is 0. The Morgan fingerprint density at radius 2 is 1.89 bits per heavy atom. The van der Waals surface area contributed by atoms with Crippen LogP contribution < -0.4 is 0 Å². The summed E-state index contributed by atoms with van der Waals surface area (Å²) in [6, 6.07) is -0.219. The van der Waals surface area contributed by atoms with E-state index in [4.69, 9.17) is 13.9 Å². The van der Waals surface area contributed by atoms with Gasteiger partial charge in [-0.2, -0.15) is 0 Å². The van der Waals surface area contributed by atoms with E-state index in [1.54, 1.807) is 19.1 Å². The van der Waals surface area contributed by atoms with Gasteiger partial charge in [-0.3, -0.25) is 4.79 Å². The Balaban J connectivity index is 3.05. The van der Waals surface area contributed by atoms with E-state index in [2.05, 4.69) is 47.0 Å². The number of rotatable bonds is 11. The minimum absolute atomic E-state index is 0.0439. The molecule has 0 saturated carbocycles. The summed E-state index contributed by atoms with van der Waals surface area (Å²) in [6.45, 7) is 22.3. The number of nitrogens with zero attached hydrogens (tertiary/aromatic N) is 1. The van der Waals surface area contributed by atoms with Gasteiger partial charge in [0.2, 0.25) is 12.1 Å². The van der Waals surface area contributed by atoms with Gasteiger partial charge in [0.15, 0.2) is 8.32 Å². The average molecular weight is 412 g/mol. The van der Waals surface area contributed by atoms with Gasteiger partial charge in [0.25, 0.3) is 0 Å². The molecule has 6 nitrogen and oxygen atoms in total. The lowest BCUT2D eigenvalue weighted by Crippen LogP contribution is -2.70. The smallest absolute Gasteiger partial charge is 0.356 e. The van der Waals surface area contributed by atoms with Crippen molar-refractivity contribution in [3.8, 4) is 0 Å². The summed E-state index contributed by atoms with van der Waals surface area (Å²) in [7, 11) is -2.03. The Hall–Kier alpha value is -1.44. The van der Waals surface area contributed by atoms with Crippen molar-refractivity contribution < 1.29 is 23.5 Å². The van der Waals surface area contributed by atoms with Crippen LogP contribution in [0.25, 0.3) is 0 Å². The first-order valence-electron chi connectivity index (χ1n) is 9.92. The van der Waals surface area contributed by atoms with Gasteiger partial charge in [0.1, 0.15) is 0 Å². The molecule has 0 radical (unpaired) electrons. The van der Waals surface area contributed by atoms with Crippen LogP contribution in [0.4, 0.5) is 0 Å². The summed E-state index contributed by atoms with van der Waals surface area (Å²) < 4.78 is 17.2. The molecule has 1 aliphatic rings. The fraction of sp³-hybridized carbons (Fsp3) is 0.714. The number of β-lactam (4-membered cyclic amide) rings is 1. The first-order chi connectivity index (χ1) is 12.9. The third kappa shape index (κ3) is 5.33. The minimum atomic E-state index is -2.03. The number of ether oxygens (including phenoxy) is 2. The van der Waals surface area contributed by atoms with Crippen LogP contribution in [-0.2, 0) is 23.5 Å². The third-order valence-corrected chi connectivity index (χ3v) is 10.2. The normalized spacial score (nSPS) is 22.2. The van der Waals surface area contributed by atoms with Gasteiger partial charge in [-0.15, -0.1) is 13.2 Å². The van der Waals surface area contributed by atoms with Gasteiger partial charge in [0, 0.05) is 0 Å². The highest BCUT2D eigenvalue weighted by Gasteiger charge is 2.55. The molecule has 160 valence electrons. The molecular weight excluding hydrogens is 374 g/mol. The van der Waals surface area contributed by atoms with Crippen LogP contribution in [0.15, 0.2) is 25.3 Å². The highest BCUT2D eigenvalue weighted by molar-refractivity contribution is 6.74. The number of hydrogen-bond donors (Lipinski definition) is 0. The van der Waals surface area contributed by atoms with Crippen LogP contribution in [0.3, 0.4) is 0 Å². The highest BCUT2D eigenvalue weighted by Crippen LogP contribution is 2.41. The van der Waals surface area contributed by atoms with E-state index in [1.165, 1.54) is 4.90 Å². The van der Waals surface area contributed by atoms with Gasteiger partial charge in [-0.25, -0.2) is 4.79 Å². The van der Waals surface area contributed by atoms with Crippen LogP contribution >= 0.6 is 0 Å². The van der Waals surface area contributed by atoms with Crippen LogP contribution in [0, 0.1) is 5.92 Å². The summed E-state index contributed by atoms with van der Waals surface area (Å²) in [5.74, 6) is -1.06. The monoisotopic (exact) mass is 411 g/mol. The second-order valence-corrected chi connectivity index (χ2v) is 13.4. The predicted molar refractivity (Wildman–Crippen MR) is 113 cm³/mol. The summed E-state index contributed by atoms with van der Waals surface area (Å²) >= 11 is 0. The summed E-state index contributed by atoms with van der Waals surface area (Å²) in [5, 5.41) is 0.0439. The largest absolute Gasteiger partial charge is 0.463 e. The Bertz CT molecular complexity index is 584. The topological polar surface area (TPSA) is 65.1 Å². The maximum Gasteiger partial charge on any atom is 0.356 e. The molecule has 0 aromatic rings. The molecule has 0 aromatic carbocycles. The van der Waals surface area contributed by atoms with Gasteiger partial charge >= 0.3 is 5.97 Å². The molecule has 0 aliphatic carbocycles. The predicted octanol–water partition coefficient (Wildman–Crippen LogP) is 3.89. The maximum atomic E-state index is 13.1. The fourth-order valence-electron chi connectivity index (χ4n) is 3.17. The van der Waals surface area contributed by atoms with Crippen LogP contribution in [0.1, 0.15) is 41.0 Å². The number of esters is 1. The van der Waals surface area contributed by atoms with Crippen LogP contribution in [0.5, 0.6) is 0 Å². The molecule has 1 rings (SSSR count). The number of hydrogen-bond acceptors (Lipinski definition) is 5. The fourth-order valence-corrected chi connectivity index (χ4v) is 4.60. The van der Waals surface area contributed by atoms with Crippen molar-refractivity contribution in [3.63, 3.8) is 0 Å². The number of carbonyl (C=O) groups excluding carboxylic acids is 2. The third-order valence-electron chi connectivity index (χ3n) is 5.62. The lowest BCUT2D eigenvalue weighted by Gasteiger charge is -2.52. The molecule has 0 spiro atoms. The van der Waals surface area contributed by atoms with E-state index in [-0.39, 0.29) is 42.2 Å². The average Bonchev–Trinajstić information content (AvgIpc) is 2.56. The van der Waals surface area contributed by atoms with Crippen molar-refractivity contribution in [1.82, 2.24) is 4.90 Å². The molecule has 1 saturated heterocycles. The molecule has 0 N–H and O–H groups in total. The van der Waals surface area contributed by atoms with E-state index in [1.807, 2.05) is 6.92 Å². The van der Waals surface area contributed by atoms with Crippen LogP contribution in [-0.4, -0.2) is 56.7 Å². The molecule has 7 heteroatoms. The van der Waals surface area contributed by atoms with Gasteiger partial charge in [0.05, 0.1) is 31.3 Å². The molecular formula is C21H37NO5Si. The summed E-state index contributed by atoms with van der Waals surface area (Å²) in [6.07, 6.45) is 2.52. The second kappa shape index (κ2) is 9.85. The molecule has 1 amide bonds. The van der Waals surface area contributed by atoms with Crippen molar-refractivity contribution in [2.75, 3.05) is 13.2 Å². The van der Waals surface area contributed by atoms with Crippen LogP contribution in [0.2, 0.25) is 18.1 Å². The Morgan fingerprint density at radius 1 is 1.29 bits per heavy atom. The lowest BCUT2D eigenvalue weighted by molar-refractivity contribution is -0.202. The Morgan fingerprint density at radius 3 is 2.36 bits per heavy atom. The first kappa shape index (κ1) is 24.6. The van der Waals surface area contributed by atoms with Crippen molar-refractivity contribution in [2.45, 2.75) is 77.5 Å². The molecule has 1 aliphatic heterocycles. The lowest BCUT2D eigenvalue weighted by atomic mass is 9.81. The van der Waals surface area contributed by atoms with E-state index in [0.717, 1.165) is 0 Å². The minimum Gasteiger partial charge on any atom is -0.463 e. The zero-order valence-electron chi connectivity index (χ0n) is 18.5. The molecule has 1 fully saturated rings. The SMILES string of the molecule is C=CCO[C@H](C(=O)OCC)N1C(=O)[C@H]([C@@H](C)O[Si](C)(C)C(C)(C)C)[C@H]1CC=C. The zero-order chi connectivity index (χ0) is 21.7. The van der Waals surface area contributed by atoms with Crippen molar-refractivity contribution in [1.29, 1.82) is 0 Å². The Kier molecular flexibility index (Phi) is 8.65. The standard InChI is InChI=1S/C21H37NO5Si/c1-10-13-16-17(15(4)27-28(8,9)21(5,6)7)18(23)22(16)19(26-14-11-2)20(24)25-12-3/h10-11,15-17,19H,1-2,12-14H2,3-9H3/t15-,16-,17-,19-/m1/s1. The first-order valence-corrected chi connectivity index (χ1v) is 12.8. The number of amides is 1. The summed E-state index contributed by atoms with van der Waals surface area (Å²) in [4.78, 5) is 26.9. The van der Waals surface area contributed by atoms with Crippen molar-refractivity contribution in [2.24, 2.45) is 5.92 Å². The number of likely N-dealkylation sites (tertiary alicyclic amines) is 1. The maximum absolute atomic E-state index is 13.1. The van der Waals surface area contributed by atoms with E-state index < -0.39 is 20.5 Å². The van der Waals surface area contributed by atoms with E-state index in [9.17, 15) is 9.59 Å². The number of carbonyl (C=O) groups is 2. The Labute approximate surface area is 171 Å². The van der Waals surface area contributed by atoms with Crippen molar-refractivity contribution in [3.05, 3.63) is 25.3 Å². The van der Waals surface area contributed by atoms with Gasteiger partial charge in [-0.05, 0) is 38.4 Å². The molecule has 4 atom stereocenters. The second-order valence-electron chi connectivity index (χ2n) is 8.67. The molecule has 0 aromatic heterocycles. The highest BCUT2D eigenvalue weighted by atomic mass is 28.4. The van der Waals surface area contributed by atoms with E-state index >= 15 is 0 Å². The molecule has 0 bridgehead atoms. The zero-order valence-corrected chi connectivity index (χ0v) is 19.5. The molecule has 0 unspecified atom stereocenters.